The zero-order chi connectivity index (χ0) is 13.1. The molecule has 0 fully saturated rings. The van der Waals surface area contributed by atoms with Gasteiger partial charge < -0.3 is 4.79 Å². The van der Waals surface area contributed by atoms with Crippen molar-refractivity contribution in [3.8, 4) is 11.3 Å². The van der Waals surface area contributed by atoms with Gasteiger partial charge in [-0.25, -0.2) is 9.37 Å². The van der Waals surface area contributed by atoms with Crippen molar-refractivity contribution in [2.45, 2.75) is 26.7 Å². The monoisotopic (exact) mass is 263 g/mol. The summed E-state index contributed by atoms with van der Waals surface area (Å²) in [5.74, 6) is -0.0323. The highest BCUT2D eigenvalue weighted by Crippen LogP contribution is 2.24. The highest BCUT2D eigenvalue weighted by atomic mass is 32.1. The topological polar surface area (TPSA) is 30.0 Å². The second-order valence-corrected chi connectivity index (χ2v) is 5.24. The third-order valence-corrected chi connectivity index (χ3v) is 3.60. The lowest BCUT2D eigenvalue weighted by atomic mass is 10.1. The second kappa shape index (κ2) is 5.40. The first-order chi connectivity index (χ1) is 8.56. The first-order valence-electron chi connectivity index (χ1n) is 5.76. The Labute approximate surface area is 110 Å². The summed E-state index contributed by atoms with van der Waals surface area (Å²) in [5, 5.41) is 2.89. The predicted molar refractivity (Wildman–Crippen MR) is 71.2 cm³/mol. The first-order valence-corrected chi connectivity index (χ1v) is 6.64. The van der Waals surface area contributed by atoms with E-state index in [0.29, 0.717) is 18.4 Å². The van der Waals surface area contributed by atoms with E-state index in [9.17, 15) is 9.18 Å². The van der Waals surface area contributed by atoms with Crippen LogP contribution in [0.25, 0.3) is 11.3 Å². The van der Waals surface area contributed by atoms with E-state index < -0.39 is 0 Å². The summed E-state index contributed by atoms with van der Waals surface area (Å²) >= 11 is 1.54. The molecule has 0 saturated carbocycles. The third-order valence-electron chi connectivity index (χ3n) is 2.70. The molecule has 0 saturated heterocycles. The van der Waals surface area contributed by atoms with Crippen LogP contribution in [0.4, 0.5) is 4.39 Å². The Morgan fingerprint density at radius 1 is 1.44 bits per heavy atom. The molecule has 2 nitrogen and oxygen atoms in total. The smallest absolute Gasteiger partial charge is 0.130 e. The maximum absolute atomic E-state index is 13.2. The van der Waals surface area contributed by atoms with Crippen LogP contribution in [-0.4, -0.2) is 10.8 Å². The first kappa shape index (κ1) is 12.9. The SMILES string of the molecule is CC(=O)CCc1nc(-c2ccc(F)c(C)c2)cs1. The molecular formula is C14H14FNOS. The van der Waals surface area contributed by atoms with E-state index >= 15 is 0 Å². The minimum absolute atomic E-state index is 0.171. The molecule has 0 unspecified atom stereocenters. The average Bonchev–Trinajstić information content (AvgIpc) is 2.79. The molecule has 0 aliphatic rings. The van der Waals surface area contributed by atoms with E-state index in [-0.39, 0.29) is 11.6 Å². The number of halogens is 1. The van der Waals surface area contributed by atoms with Crippen molar-refractivity contribution >= 4 is 17.1 Å². The number of carbonyl (C=O) groups is 1. The molecule has 0 aliphatic heterocycles. The molecule has 0 atom stereocenters. The van der Waals surface area contributed by atoms with Crippen LogP contribution < -0.4 is 0 Å². The Morgan fingerprint density at radius 3 is 2.89 bits per heavy atom. The molecule has 2 rings (SSSR count). The second-order valence-electron chi connectivity index (χ2n) is 4.29. The molecule has 1 aromatic heterocycles. The normalized spacial score (nSPS) is 10.6. The number of hydrogen-bond donors (Lipinski definition) is 0. The number of hydrogen-bond acceptors (Lipinski definition) is 3. The number of carbonyl (C=O) groups excluding carboxylic acids is 1. The zero-order valence-corrected chi connectivity index (χ0v) is 11.2. The predicted octanol–water partition coefficient (Wildman–Crippen LogP) is 3.78. The number of ketones is 1. The number of nitrogens with zero attached hydrogens (tertiary/aromatic N) is 1. The lowest BCUT2D eigenvalue weighted by Gasteiger charge is -2.00. The van der Waals surface area contributed by atoms with Gasteiger partial charge in [0.25, 0.3) is 0 Å². The van der Waals surface area contributed by atoms with Crippen LogP contribution in [-0.2, 0) is 11.2 Å². The quantitative estimate of drug-likeness (QED) is 0.840. The van der Waals surface area contributed by atoms with E-state index in [0.717, 1.165) is 16.3 Å². The van der Waals surface area contributed by atoms with Gasteiger partial charge in [-0.1, -0.05) is 0 Å². The Hall–Kier alpha value is -1.55. The van der Waals surface area contributed by atoms with Crippen molar-refractivity contribution in [2.75, 3.05) is 0 Å². The van der Waals surface area contributed by atoms with Gasteiger partial charge in [-0.2, -0.15) is 0 Å². The molecule has 18 heavy (non-hydrogen) atoms. The van der Waals surface area contributed by atoms with Crippen molar-refractivity contribution in [3.63, 3.8) is 0 Å². The van der Waals surface area contributed by atoms with E-state index in [1.54, 1.807) is 26.0 Å². The molecule has 1 aromatic carbocycles. The van der Waals surface area contributed by atoms with Crippen LogP contribution in [0.3, 0.4) is 0 Å². The largest absolute Gasteiger partial charge is 0.300 e. The lowest BCUT2D eigenvalue weighted by Crippen LogP contribution is -1.93. The van der Waals surface area contributed by atoms with Crippen molar-refractivity contribution < 1.29 is 9.18 Å². The lowest BCUT2D eigenvalue weighted by molar-refractivity contribution is -0.116. The zero-order valence-electron chi connectivity index (χ0n) is 10.4. The number of aryl methyl sites for hydroxylation is 2. The van der Waals surface area contributed by atoms with Gasteiger partial charge in [-0.05, 0) is 37.6 Å². The molecule has 0 amide bonds. The standard InChI is InChI=1S/C14H14FNOS/c1-9-7-11(4-5-12(9)15)13-8-18-14(16-13)6-3-10(2)17/h4-5,7-8H,3,6H2,1-2H3. The van der Waals surface area contributed by atoms with Crippen LogP contribution in [0.5, 0.6) is 0 Å². The highest BCUT2D eigenvalue weighted by Gasteiger charge is 2.07. The highest BCUT2D eigenvalue weighted by molar-refractivity contribution is 7.09. The minimum atomic E-state index is -0.203. The fourth-order valence-corrected chi connectivity index (χ4v) is 2.45. The number of benzene rings is 1. The fourth-order valence-electron chi connectivity index (χ4n) is 1.65. The Balaban J connectivity index is 2.18. The van der Waals surface area contributed by atoms with Crippen molar-refractivity contribution in [2.24, 2.45) is 0 Å². The summed E-state index contributed by atoms with van der Waals surface area (Å²) < 4.78 is 13.2. The average molecular weight is 263 g/mol. The Bertz CT molecular complexity index is 577. The van der Waals surface area contributed by atoms with Gasteiger partial charge in [0, 0.05) is 23.8 Å². The number of Topliss-reactive ketones (excluding diaryl/α,β-unsaturated/α-hetero) is 1. The Morgan fingerprint density at radius 2 is 2.22 bits per heavy atom. The molecular weight excluding hydrogens is 249 g/mol. The van der Waals surface area contributed by atoms with Crippen molar-refractivity contribution in [3.05, 3.63) is 40.0 Å². The van der Waals surface area contributed by atoms with Crippen LogP contribution in [0.15, 0.2) is 23.6 Å². The third kappa shape index (κ3) is 3.01. The van der Waals surface area contributed by atoms with Crippen LogP contribution >= 0.6 is 11.3 Å². The summed E-state index contributed by atoms with van der Waals surface area (Å²) in [6.07, 6.45) is 1.20. The van der Waals surface area contributed by atoms with Gasteiger partial charge in [-0.15, -0.1) is 11.3 Å². The fraction of sp³-hybridized carbons (Fsp3) is 0.286. The molecule has 0 radical (unpaired) electrons. The molecule has 94 valence electrons. The van der Waals surface area contributed by atoms with Crippen LogP contribution in [0.1, 0.15) is 23.9 Å². The van der Waals surface area contributed by atoms with Crippen LogP contribution in [0, 0.1) is 12.7 Å². The van der Waals surface area contributed by atoms with E-state index in [1.807, 2.05) is 5.38 Å². The van der Waals surface area contributed by atoms with Crippen molar-refractivity contribution in [1.82, 2.24) is 4.98 Å². The molecule has 2 aromatic rings. The Kier molecular flexibility index (Phi) is 3.87. The van der Waals surface area contributed by atoms with E-state index in [1.165, 1.54) is 17.4 Å². The van der Waals surface area contributed by atoms with Gasteiger partial charge in [0.2, 0.25) is 0 Å². The summed E-state index contributed by atoms with van der Waals surface area (Å²) in [4.78, 5) is 15.4. The summed E-state index contributed by atoms with van der Waals surface area (Å²) in [7, 11) is 0. The van der Waals surface area contributed by atoms with Gasteiger partial charge >= 0.3 is 0 Å². The molecule has 1 heterocycles. The number of thiazole rings is 1. The van der Waals surface area contributed by atoms with E-state index in [2.05, 4.69) is 4.98 Å². The summed E-state index contributed by atoms with van der Waals surface area (Å²) in [6.45, 7) is 3.32. The number of aromatic nitrogens is 1. The molecule has 4 heteroatoms. The number of rotatable bonds is 4. The van der Waals surface area contributed by atoms with E-state index in [4.69, 9.17) is 0 Å². The van der Waals surface area contributed by atoms with Gasteiger partial charge in [0.1, 0.15) is 11.6 Å². The van der Waals surface area contributed by atoms with Gasteiger partial charge in [0.05, 0.1) is 10.7 Å². The molecule has 0 N–H and O–H groups in total. The van der Waals surface area contributed by atoms with Gasteiger partial charge in [-0.3, -0.25) is 0 Å². The summed E-state index contributed by atoms with van der Waals surface area (Å²) in [5.41, 5.74) is 2.38. The maximum atomic E-state index is 13.2. The maximum Gasteiger partial charge on any atom is 0.130 e. The van der Waals surface area contributed by atoms with Crippen molar-refractivity contribution in [1.29, 1.82) is 0 Å². The molecule has 0 spiro atoms. The molecule has 0 bridgehead atoms. The van der Waals surface area contributed by atoms with Gasteiger partial charge in [0.15, 0.2) is 0 Å². The molecule has 0 aliphatic carbocycles. The minimum Gasteiger partial charge on any atom is -0.300 e. The summed E-state index contributed by atoms with van der Waals surface area (Å²) in [6, 6.07) is 4.98. The van der Waals surface area contributed by atoms with Crippen LogP contribution in [0.2, 0.25) is 0 Å².